The van der Waals surface area contributed by atoms with Crippen molar-refractivity contribution in [3.05, 3.63) is 34.9 Å². The number of hydrogen-bond donors (Lipinski definition) is 1. The molecule has 1 rings (SSSR count). The van der Waals surface area contributed by atoms with Crippen LogP contribution in [0.4, 0.5) is 0 Å². The lowest BCUT2D eigenvalue weighted by molar-refractivity contribution is 0.591. The maximum absolute atomic E-state index is 12.0. The standard InChI is InChI=1S/C15H25NOS/c1-6-16-15(10-18(17)11(2)3)14-8-12(4)7-13(5)9-14/h7-9,11,15-16H,6,10H2,1-5H3. The molecule has 0 amide bonds. The van der Waals surface area contributed by atoms with Gasteiger partial charge in [0, 0.05) is 27.8 Å². The van der Waals surface area contributed by atoms with Gasteiger partial charge in [-0.2, -0.15) is 0 Å². The van der Waals surface area contributed by atoms with E-state index in [1.54, 1.807) is 0 Å². The van der Waals surface area contributed by atoms with Crippen LogP contribution in [0.15, 0.2) is 18.2 Å². The van der Waals surface area contributed by atoms with Crippen molar-refractivity contribution in [2.75, 3.05) is 12.3 Å². The molecule has 0 aliphatic heterocycles. The van der Waals surface area contributed by atoms with Crippen LogP contribution in [-0.2, 0) is 10.8 Å². The zero-order valence-electron chi connectivity index (χ0n) is 12.1. The van der Waals surface area contributed by atoms with E-state index < -0.39 is 10.8 Å². The fourth-order valence-corrected chi connectivity index (χ4v) is 3.11. The number of rotatable bonds is 6. The Bertz CT molecular complexity index is 395. The van der Waals surface area contributed by atoms with Crippen LogP contribution >= 0.6 is 0 Å². The molecule has 2 nitrogen and oxygen atoms in total. The molecule has 1 N–H and O–H groups in total. The van der Waals surface area contributed by atoms with Gasteiger partial charge in [-0.05, 0) is 26.0 Å². The van der Waals surface area contributed by atoms with E-state index in [2.05, 4.69) is 44.3 Å². The highest BCUT2D eigenvalue weighted by atomic mass is 32.2. The van der Waals surface area contributed by atoms with Crippen molar-refractivity contribution < 1.29 is 4.21 Å². The van der Waals surface area contributed by atoms with Gasteiger partial charge in [0.25, 0.3) is 0 Å². The van der Waals surface area contributed by atoms with Crippen molar-refractivity contribution in [2.45, 2.75) is 45.9 Å². The van der Waals surface area contributed by atoms with Crippen molar-refractivity contribution in [3.63, 3.8) is 0 Å². The zero-order chi connectivity index (χ0) is 13.7. The van der Waals surface area contributed by atoms with Gasteiger partial charge in [0.2, 0.25) is 0 Å². The Balaban J connectivity index is 2.93. The van der Waals surface area contributed by atoms with Gasteiger partial charge in [-0.25, -0.2) is 0 Å². The molecular weight excluding hydrogens is 242 g/mol. The number of nitrogens with one attached hydrogen (secondary N) is 1. The summed E-state index contributed by atoms with van der Waals surface area (Å²) in [4.78, 5) is 0. The lowest BCUT2D eigenvalue weighted by Crippen LogP contribution is -2.28. The van der Waals surface area contributed by atoms with E-state index in [0.717, 1.165) is 6.54 Å². The first-order valence-corrected chi connectivity index (χ1v) is 8.01. The second-order valence-electron chi connectivity index (χ2n) is 5.13. The number of aryl methyl sites for hydroxylation is 2. The molecule has 2 atom stereocenters. The maximum atomic E-state index is 12.0. The van der Waals surface area contributed by atoms with Gasteiger partial charge in [-0.1, -0.05) is 50.1 Å². The van der Waals surface area contributed by atoms with Crippen LogP contribution in [-0.4, -0.2) is 21.8 Å². The molecule has 2 unspecified atom stereocenters. The summed E-state index contributed by atoms with van der Waals surface area (Å²) >= 11 is 0. The average Bonchev–Trinajstić information content (AvgIpc) is 2.26. The Morgan fingerprint density at radius 2 is 1.72 bits per heavy atom. The highest BCUT2D eigenvalue weighted by Crippen LogP contribution is 2.19. The predicted octanol–water partition coefficient (Wildman–Crippen LogP) is 3.11. The Morgan fingerprint density at radius 1 is 1.17 bits per heavy atom. The van der Waals surface area contributed by atoms with E-state index in [4.69, 9.17) is 0 Å². The Kier molecular flexibility index (Phi) is 6.03. The summed E-state index contributed by atoms with van der Waals surface area (Å²) in [5.74, 6) is 0.689. The highest BCUT2D eigenvalue weighted by Gasteiger charge is 2.16. The van der Waals surface area contributed by atoms with Gasteiger partial charge in [-0.15, -0.1) is 0 Å². The van der Waals surface area contributed by atoms with E-state index in [-0.39, 0.29) is 11.3 Å². The van der Waals surface area contributed by atoms with E-state index in [9.17, 15) is 4.21 Å². The third-order valence-corrected chi connectivity index (χ3v) is 4.67. The van der Waals surface area contributed by atoms with Crippen LogP contribution in [0.3, 0.4) is 0 Å². The fraction of sp³-hybridized carbons (Fsp3) is 0.600. The van der Waals surface area contributed by atoms with Crippen molar-refractivity contribution in [3.8, 4) is 0 Å². The molecule has 0 radical (unpaired) electrons. The van der Waals surface area contributed by atoms with Gasteiger partial charge in [0.1, 0.15) is 0 Å². The average molecular weight is 267 g/mol. The largest absolute Gasteiger partial charge is 0.309 e. The highest BCUT2D eigenvalue weighted by molar-refractivity contribution is 7.85. The maximum Gasteiger partial charge on any atom is 0.0437 e. The van der Waals surface area contributed by atoms with Gasteiger partial charge >= 0.3 is 0 Å². The van der Waals surface area contributed by atoms with Crippen molar-refractivity contribution in [1.29, 1.82) is 0 Å². The van der Waals surface area contributed by atoms with Gasteiger partial charge in [-0.3, -0.25) is 4.21 Å². The SMILES string of the molecule is CCNC(CS(=O)C(C)C)c1cc(C)cc(C)c1. The molecule has 0 saturated heterocycles. The quantitative estimate of drug-likeness (QED) is 0.858. The lowest BCUT2D eigenvalue weighted by Gasteiger charge is -2.20. The van der Waals surface area contributed by atoms with Gasteiger partial charge in [0.05, 0.1) is 0 Å². The number of benzene rings is 1. The molecule has 0 aliphatic rings. The van der Waals surface area contributed by atoms with Gasteiger partial charge < -0.3 is 5.32 Å². The molecule has 0 aromatic heterocycles. The molecular formula is C15H25NOS. The Hall–Kier alpha value is -0.670. The van der Waals surface area contributed by atoms with E-state index in [1.807, 2.05) is 13.8 Å². The summed E-state index contributed by atoms with van der Waals surface area (Å²) in [6.07, 6.45) is 0. The van der Waals surface area contributed by atoms with Crippen LogP contribution in [0.25, 0.3) is 0 Å². The van der Waals surface area contributed by atoms with Crippen LogP contribution in [0.5, 0.6) is 0 Å². The summed E-state index contributed by atoms with van der Waals surface area (Å²) in [6, 6.07) is 6.75. The van der Waals surface area contributed by atoms with Crippen LogP contribution in [0, 0.1) is 13.8 Å². The Morgan fingerprint density at radius 3 is 2.17 bits per heavy atom. The minimum atomic E-state index is -0.780. The third kappa shape index (κ3) is 4.54. The molecule has 1 aromatic carbocycles. The third-order valence-electron chi connectivity index (χ3n) is 2.95. The van der Waals surface area contributed by atoms with E-state index in [0.29, 0.717) is 5.75 Å². The molecule has 3 heteroatoms. The monoisotopic (exact) mass is 267 g/mol. The lowest BCUT2D eigenvalue weighted by atomic mass is 10.0. The van der Waals surface area contributed by atoms with Crippen LogP contribution < -0.4 is 5.32 Å². The predicted molar refractivity (Wildman–Crippen MR) is 80.5 cm³/mol. The van der Waals surface area contributed by atoms with E-state index >= 15 is 0 Å². The first-order valence-electron chi connectivity index (χ1n) is 6.62. The summed E-state index contributed by atoms with van der Waals surface area (Å²) in [6.45, 7) is 11.2. The minimum absolute atomic E-state index is 0.192. The molecule has 102 valence electrons. The smallest absolute Gasteiger partial charge is 0.0437 e. The van der Waals surface area contributed by atoms with Crippen LogP contribution in [0.1, 0.15) is 43.5 Å². The minimum Gasteiger partial charge on any atom is -0.309 e. The summed E-state index contributed by atoms with van der Waals surface area (Å²) in [7, 11) is -0.780. The molecule has 1 aromatic rings. The van der Waals surface area contributed by atoms with Crippen LogP contribution in [0.2, 0.25) is 0 Å². The molecule has 0 heterocycles. The molecule has 0 spiro atoms. The molecule has 18 heavy (non-hydrogen) atoms. The first-order chi connectivity index (χ1) is 8.43. The fourth-order valence-electron chi connectivity index (χ4n) is 2.09. The van der Waals surface area contributed by atoms with Crippen molar-refractivity contribution >= 4 is 10.8 Å². The number of hydrogen-bond acceptors (Lipinski definition) is 2. The molecule has 0 aliphatic carbocycles. The zero-order valence-corrected chi connectivity index (χ0v) is 12.9. The topological polar surface area (TPSA) is 29.1 Å². The van der Waals surface area contributed by atoms with E-state index in [1.165, 1.54) is 16.7 Å². The summed E-state index contributed by atoms with van der Waals surface area (Å²) < 4.78 is 12.0. The molecule has 0 fully saturated rings. The van der Waals surface area contributed by atoms with Crippen molar-refractivity contribution in [2.24, 2.45) is 0 Å². The summed E-state index contributed by atoms with van der Waals surface area (Å²) in [5.41, 5.74) is 3.79. The summed E-state index contributed by atoms with van der Waals surface area (Å²) in [5, 5.41) is 3.67. The first kappa shape index (κ1) is 15.4. The molecule has 0 saturated carbocycles. The molecule has 0 bridgehead atoms. The second kappa shape index (κ2) is 7.05. The van der Waals surface area contributed by atoms with Gasteiger partial charge in [0.15, 0.2) is 0 Å². The normalized spacial score (nSPS) is 14.8. The van der Waals surface area contributed by atoms with Crippen molar-refractivity contribution in [1.82, 2.24) is 5.32 Å². The second-order valence-corrected chi connectivity index (χ2v) is 7.17. The Labute approximate surface area is 114 Å².